The van der Waals surface area contributed by atoms with Crippen molar-refractivity contribution in [1.29, 1.82) is 0 Å². The lowest BCUT2D eigenvalue weighted by atomic mass is 9.98. The summed E-state index contributed by atoms with van der Waals surface area (Å²) in [6.07, 6.45) is 0.153. The molecule has 0 spiro atoms. The monoisotopic (exact) mass is 279 g/mol. The molecule has 20 heavy (non-hydrogen) atoms. The van der Waals surface area contributed by atoms with E-state index >= 15 is 0 Å². The van der Waals surface area contributed by atoms with Crippen molar-refractivity contribution < 1.29 is 9.47 Å². The molecule has 0 aliphatic heterocycles. The van der Waals surface area contributed by atoms with Crippen molar-refractivity contribution >= 4 is 0 Å². The highest BCUT2D eigenvalue weighted by atomic mass is 16.5. The molecule has 0 radical (unpaired) electrons. The first-order valence-electron chi connectivity index (χ1n) is 7.48. The summed E-state index contributed by atoms with van der Waals surface area (Å²) >= 11 is 0. The molecule has 0 amide bonds. The highest BCUT2D eigenvalue weighted by Crippen LogP contribution is 2.28. The van der Waals surface area contributed by atoms with Gasteiger partial charge in [0, 0.05) is 6.54 Å². The summed E-state index contributed by atoms with van der Waals surface area (Å²) in [4.78, 5) is 0. The van der Waals surface area contributed by atoms with Crippen LogP contribution in [0.25, 0.3) is 0 Å². The van der Waals surface area contributed by atoms with Crippen molar-refractivity contribution in [2.75, 3.05) is 13.7 Å². The molecule has 0 bridgehead atoms. The van der Waals surface area contributed by atoms with Crippen LogP contribution in [-0.4, -0.2) is 19.8 Å². The molecule has 1 aromatic rings. The zero-order chi connectivity index (χ0) is 15.1. The predicted molar refractivity (Wildman–Crippen MR) is 84.5 cm³/mol. The highest BCUT2D eigenvalue weighted by molar-refractivity contribution is 5.43. The molecule has 0 aliphatic carbocycles. The average Bonchev–Trinajstić information content (AvgIpc) is 2.39. The Labute approximate surface area is 123 Å². The summed E-state index contributed by atoms with van der Waals surface area (Å²) in [5.74, 6) is 3.00. The molecule has 114 valence electrons. The number of nitrogens with one attached hydrogen (secondary N) is 1. The van der Waals surface area contributed by atoms with Gasteiger partial charge in [0.1, 0.15) is 0 Å². The molecule has 1 rings (SSSR count). The van der Waals surface area contributed by atoms with Gasteiger partial charge >= 0.3 is 0 Å². The Kier molecular flexibility index (Phi) is 6.86. The molecule has 0 saturated carbocycles. The minimum Gasteiger partial charge on any atom is -0.493 e. The molecular weight excluding hydrogens is 250 g/mol. The fourth-order valence-electron chi connectivity index (χ4n) is 1.85. The van der Waals surface area contributed by atoms with E-state index in [0.29, 0.717) is 11.8 Å². The Morgan fingerprint density at radius 2 is 1.75 bits per heavy atom. The first-order valence-corrected chi connectivity index (χ1v) is 7.48. The van der Waals surface area contributed by atoms with Crippen LogP contribution < -0.4 is 14.8 Å². The molecule has 1 N–H and O–H groups in total. The molecule has 3 heteroatoms. The molecule has 0 aromatic heterocycles. The third-order valence-corrected chi connectivity index (χ3v) is 3.52. The van der Waals surface area contributed by atoms with Gasteiger partial charge < -0.3 is 14.8 Å². The second-order valence-electron chi connectivity index (χ2n) is 6.00. The summed E-state index contributed by atoms with van der Waals surface area (Å²) in [6.45, 7) is 12.7. The topological polar surface area (TPSA) is 30.5 Å². The minimum atomic E-state index is 0.153. The van der Waals surface area contributed by atoms with Crippen molar-refractivity contribution in [2.45, 2.75) is 47.3 Å². The van der Waals surface area contributed by atoms with E-state index in [1.54, 1.807) is 7.11 Å². The largest absolute Gasteiger partial charge is 0.493 e. The van der Waals surface area contributed by atoms with Gasteiger partial charge in [0.05, 0.1) is 13.2 Å². The van der Waals surface area contributed by atoms with E-state index in [1.807, 2.05) is 26.0 Å². The van der Waals surface area contributed by atoms with E-state index in [9.17, 15) is 0 Å². The maximum absolute atomic E-state index is 5.72. The summed E-state index contributed by atoms with van der Waals surface area (Å²) in [7, 11) is 1.68. The third-order valence-electron chi connectivity index (χ3n) is 3.52. The molecule has 1 atom stereocenters. The summed E-state index contributed by atoms with van der Waals surface area (Å²) in [5.41, 5.74) is 1.22. The Morgan fingerprint density at radius 1 is 1.05 bits per heavy atom. The second-order valence-corrected chi connectivity index (χ2v) is 6.00. The van der Waals surface area contributed by atoms with Crippen LogP contribution in [0.5, 0.6) is 11.5 Å². The maximum atomic E-state index is 5.72. The van der Waals surface area contributed by atoms with E-state index in [-0.39, 0.29) is 6.10 Å². The maximum Gasteiger partial charge on any atom is 0.161 e. The standard InChI is InChI=1S/C17H29NO2/c1-12(2)14(5)10-18-11-15-7-8-16(20-13(3)4)17(9-15)19-6/h7-9,12-14,18H,10-11H2,1-6H3. The van der Waals surface area contributed by atoms with Crippen molar-refractivity contribution in [3.05, 3.63) is 23.8 Å². The van der Waals surface area contributed by atoms with Crippen molar-refractivity contribution in [3.8, 4) is 11.5 Å². The van der Waals surface area contributed by atoms with Gasteiger partial charge in [-0.25, -0.2) is 0 Å². The first-order chi connectivity index (χ1) is 9.43. The lowest BCUT2D eigenvalue weighted by Crippen LogP contribution is -2.23. The SMILES string of the molecule is COc1cc(CNCC(C)C(C)C)ccc1OC(C)C. The third kappa shape index (κ3) is 5.41. The van der Waals surface area contributed by atoms with Crippen LogP contribution in [0.3, 0.4) is 0 Å². The minimum absolute atomic E-state index is 0.153. The number of benzene rings is 1. The summed E-state index contributed by atoms with van der Waals surface area (Å²) in [5, 5.41) is 3.50. The Bertz CT molecular complexity index is 402. The van der Waals surface area contributed by atoms with Crippen LogP contribution in [0, 0.1) is 11.8 Å². The predicted octanol–water partition coefficient (Wildman–Crippen LogP) is 3.86. The Balaban J connectivity index is 2.59. The fraction of sp³-hybridized carbons (Fsp3) is 0.647. The molecule has 0 fully saturated rings. The molecule has 0 aliphatic rings. The van der Waals surface area contributed by atoms with E-state index in [4.69, 9.17) is 9.47 Å². The Hall–Kier alpha value is -1.22. The van der Waals surface area contributed by atoms with Crippen molar-refractivity contribution in [2.24, 2.45) is 11.8 Å². The van der Waals surface area contributed by atoms with Crippen molar-refractivity contribution in [3.63, 3.8) is 0 Å². The van der Waals surface area contributed by atoms with Gasteiger partial charge in [-0.3, -0.25) is 0 Å². The van der Waals surface area contributed by atoms with Gasteiger partial charge in [-0.15, -0.1) is 0 Å². The Morgan fingerprint density at radius 3 is 2.30 bits per heavy atom. The van der Waals surface area contributed by atoms with Gasteiger partial charge in [0.15, 0.2) is 11.5 Å². The van der Waals surface area contributed by atoms with Gasteiger partial charge in [0.2, 0.25) is 0 Å². The number of rotatable bonds is 8. The van der Waals surface area contributed by atoms with Crippen LogP contribution in [-0.2, 0) is 6.54 Å². The molecular formula is C17H29NO2. The van der Waals surface area contributed by atoms with E-state index < -0.39 is 0 Å². The average molecular weight is 279 g/mol. The van der Waals surface area contributed by atoms with Gasteiger partial charge in [-0.2, -0.15) is 0 Å². The fourth-order valence-corrected chi connectivity index (χ4v) is 1.85. The summed E-state index contributed by atoms with van der Waals surface area (Å²) < 4.78 is 11.1. The van der Waals surface area contributed by atoms with Crippen LogP contribution in [0.15, 0.2) is 18.2 Å². The highest BCUT2D eigenvalue weighted by Gasteiger charge is 2.09. The lowest BCUT2D eigenvalue weighted by Gasteiger charge is -2.17. The van der Waals surface area contributed by atoms with Crippen LogP contribution >= 0.6 is 0 Å². The second kappa shape index (κ2) is 8.15. The quantitative estimate of drug-likeness (QED) is 0.783. The normalized spacial score (nSPS) is 12.8. The number of methoxy groups -OCH3 is 1. The lowest BCUT2D eigenvalue weighted by molar-refractivity contribution is 0.230. The molecule has 0 saturated heterocycles. The van der Waals surface area contributed by atoms with Gasteiger partial charge in [-0.05, 0) is 49.9 Å². The summed E-state index contributed by atoms with van der Waals surface area (Å²) in [6, 6.07) is 6.12. The molecule has 3 nitrogen and oxygen atoms in total. The first kappa shape index (κ1) is 16.8. The van der Waals surface area contributed by atoms with E-state index in [0.717, 1.165) is 24.6 Å². The smallest absolute Gasteiger partial charge is 0.161 e. The number of hydrogen-bond acceptors (Lipinski definition) is 3. The molecule has 1 aromatic carbocycles. The zero-order valence-corrected chi connectivity index (χ0v) is 13.7. The zero-order valence-electron chi connectivity index (χ0n) is 13.7. The van der Waals surface area contributed by atoms with Crippen molar-refractivity contribution in [1.82, 2.24) is 5.32 Å². The number of hydrogen-bond donors (Lipinski definition) is 1. The van der Waals surface area contributed by atoms with Gasteiger partial charge in [0.25, 0.3) is 0 Å². The van der Waals surface area contributed by atoms with Crippen LogP contribution in [0.2, 0.25) is 0 Å². The van der Waals surface area contributed by atoms with E-state index in [2.05, 4.69) is 32.2 Å². The number of ether oxygens (including phenoxy) is 2. The van der Waals surface area contributed by atoms with Gasteiger partial charge in [-0.1, -0.05) is 26.8 Å². The van der Waals surface area contributed by atoms with E-state index in [1.165, 1.54) is 5.56 Å². The molecule has 0 heterocycles. The molecule has 1 unspecified atom stereocenters. The van der Waals surface area contributed by atoms with Crippen LogP contribution in [0.4, 0.5) is 0 Å². The van der Waals surface area contributed by atoms with Crippen LogP contribution in [0.1, 0.15) is 40.2 Å².